The van der Waals surface area contributed by atoms with Crippen LogP contribution in [0.4, 0.5) is 0 Å². The summed E-state index contributed by atoms with van der Waals surface area (Å²) in [5.74, 6) is -0.0544. The molecule has 0 aliphatic heterocycles. The number of rotatable bonds is 2. The van der Waals surface area contributed by atoms with E-state index in [1.807, 2.05) is 13.8 Å². The Morgan fingerprint density at radius 3 is 2.64 bits per heavy atom. The molecule has 4 heteroatoms. The van der Waals surface area contributed by atoms with Crippen LogP contribution in [0.15, 0.2) is 22.8 Å². The fourth-order valence-corrected chi connectivity index (χ4v) is 1.29. The van der Waals surface area contributed by atoms with Crippen molar-refractivity contribution < 1.29 is 4.79 Å². The van der Waals surface area contributed by atoms with Gasteiger partial charge in [0.15, 0.2) is 0 Å². The number of hydrogen-bond acceptors (Lipinski definition) is 2. The zero-order valence-electron chi connectivity index (χ0n) is 8.49. The molecule has 0 saturated carbocycles. The number of halogens is 1. The first-order valence-electron chi connectivity index (χ1n) is 4.42. The lowest BCUT2D eigenvalue weighted by Gasteiger charge is -2.20. The predicted octanol–water partition coefficient (Wildman–Crippen LogP) is 2.32. The maximum absolute atomic E-state index is 11.8. The Morgan fingerprint density at radius 1 is 1.50 bits per heavy atom. The van der Waals surface area contributed by atoms with Crippen molar-refractivity contribution in [3.05, 3.63) is 28.5 Å². The zero-order valence-corrected chi connectivity index (χ0v) is 10.1. The minimum Gasteiger partial charge on any atom is -0.338 e. The van der Waals surface area contributed by atoms with Crippen LogP contribution in [0.3, 0.4) is 0 Å². The van der Waals surface area contributed by atoms with E-state index in [9.17, 15) is 4.79 Å². The monoisotopic (exact) mass is 256 g/mol. The van der Waals surface area contributed by atoms with Crippen molar-refractivity contribution in [3.63, 3.8) is 0 Å². The average Bonchev–Trinajstić information content (AvgIpc) is 2.15. The lowest BCUT2D eigenvalue weighted by molar-refractivity contribution is 0.0749. The molecule has 0 radical (unpaired) electrons. The molecule has 0 aliphatic rings. The van der Waals surface area contributed by atoms with E-state index in [-0.39, 0.29) is 11.9 Å². The van der Waals surface area contributed by atoms with Gasteiger partial charge < -0.3 is 4.90 Å². The second kappa shape index (κ2) is 4.55. The van der Waals surface area contributed by atoms with Gasteiger partial charge in [-0.15, -0.1) is 0 Å². The van der Waals surface area contributed by atoms with Gasteiger partial charge in [-0.1, -0.05) is 6.07 Å². The maximum Gasteiger partial charge on any atom is 0.272 e. The topological polar surface area (TPSA) is 33.2 Å². The van der Waals surface area contributed by atoms with E-state index in [4.69, 9.17) is 0 Å². The highest BCUT2D eigenvalue weighted by molar-refractivity contribution is 9.10. The molecule has 0 aromatic carbocycles. The van der Waals surface area contributed by atoms with E-state index in [0.29, 0.717) is 10.3 Å². The van der Waals surface area contributed by atoms with Crippen LogP contribution in [0, 0.1) is 0 Å². The summed E-state index contributed by atoms with van der Waals surface area (Å²) >= 11 is 3.23. The van der Waals surface area contributed by atoms with Crippen molar-refractivity contribution in [2.45, 2.75) is 19.9 Å². The minimum atomic E-state index is -0.0544. The fraction of sp³-hybridized carbons (Fsp3) is 0.400. The molecule has 0 aliphatic carbocycles. The number of nitrogens with zero attached hydrogens (tertiary/aromatic N) is 2. The third-order valence-corrected chi connectivity index (χ3v) is 2.47. The van der Waals surface area contributed by atoms with Gasteiger partial charge >= 0.3 is 0 Å². The van der Waals surface area contributed by atoms with Gasteiger partial charge in [0.1, 0.15) is 10.3 Å². The second-order valence-corrected chi connectivity index (χ2v) is 4.17. The first-order valence-corrected chi connectivity index (χ1v) is 5.21. The number of carbonyl (C=O) groups excluding carboxylic acids is 1. The summed E-state index contributed by atoms with van der Waals surface area (Å²) in [7, 11) is 1.77. The van der Waals surface area contributed by atoms with Crippen LogP contribution >= 0.6 is 15.9 Å². The van der Waals surface area contributed by atoms with Gasteiger partial charge in [0.05, 0.1) is 0 Å². The van der Waals surface area contributed by atoms with Crippen molar-refractivity contribution in [2.24, 2.45) is 0 Å². The Hall–Kier alpha value is -0.900. The molecule has 0 fully saturated rings. The van der Waals surface area contributed by atoms with E-state index >= 15 is 0 Å². The van der Waals surface area contributed by atoms with Crippen LogP contribution in [0.25, 0.3) is 0 Å². The van der Waals surface area contributed by atoms with Gasteiger partial charge in [-0.25, -0.2) is 4.98 Å². The summed E-state index contributed by atoms with van der Waals surface area (Å²) in [6, 6.07) is 5.50. The van der Waals surface area contributed by atoms with E-state index in [0.717, 1.165) is 0 Å². The number of carbonyl (C=O) groups is 1. The Bertz CT molecular complexity index is 339. The van der Waals surface area contributed by atoms with Crippen molar-refractivity contribution >= 4 is 21.8 Å². The average molecular weight is 257 g/mol. The Kier molecular flexibility index (Phi) is 3.63. The molecule has 0 unspecified atom stereocenters. The molecule has 1 amide bonds. The van der Waals surface area contributed by atoms with Crippen LogP contribution in [0.2, 0.25) is 0 Å². The van der Waals surface area contributed by atoms with Crippen LogP contribution in [0.5, 0.6) is 0 Å². The second-order valence-electron chi connectivity index (χ2n) is 3.36. The summed E-state index contributed by atoms with van der Waals surface area (Å²) in [5.41, 5.74) is 0.468. The molecule has 1 aromatic heterocycles. The SMILES string of the molecule is CC(C)N(C)C(=O)c1cccc(Br)n1. The Labute approximate surface area is 92.3 Å². The smallest absolute Gasteiger partial charge is 0.272 e. The first kappa shape index (κ1) is 11.2. The molecular formula is C10H13BrN2O. The molecule has 76 valence electrons. The number of aromatic nitrogens is 1. The third-order valence-electron chi connectivity index (χ3n) is 2.03. The van der Waals surface area contributed by atoms with Crippen molar-refractivity contribution in [3.8, 4) is 0 Å². The first-order chi connectivity index (χ1) is 6.52. The van der Waals surface area contributed by atoms with Gasteiger partial charge in [0.25, 0.3) is 5.91 Å². The highest BCUT2D eigenvalue weighted by Crippen LogP contribution is 2.09. The van der Waals surface area contributed by atoms with Crippen molar-refractivity contribution in [1.29, 1.82) is 0 Å². The number of pyridine rings is 1. The van der Waals surface area contributed by atoms with Gasteiger partial charge in [-0.3, -0.25) is 4.79 Å². The Balaban J connectivity index is 2.89. The molecule has 14 heavy (non-hydrogen) atoms. The third kappa shape index (κ3) is 2.54. The van der Waals surface area contributed by atoms with Crippen LogP contribution in [-0.4, -0.2) is 28.9 Å². The predicted molar refractivity (Wildman–Crippen MR) is 59.2 cm³/mol. The van der Waals surface area contributed by atoms with E-state index in [1.54, 1.807) is 30.1 Å². The number of hydrogen-bond donors (Lipinski definition) is 0. The van der Waals surface area contributed by atoms with Crippen molar-refractivity contribution in [2.75, 3.05) is 7.05 Å². The quantitative estimate of drug-likeness (QED) is 0.762. The van der Waals surface area contributed by atoms with Gasteiger partial charge in [0, 0.05) is 13.1 Å². The molecule has 0 spiro atoms. The molecular weight excluding hydrogens is 244 g/mol. The highest BCUT2D eigenvalue weighted by atomic mass is 79.9. The van der Waals surface area contributed by atoms with E-state index in [1.165, 1.54) is 0 Å². The van der Waals surface area contributed by atoms with Crippen LogP contribution in [-0.2, 0) is 0 Å². The summed E-state index contributed by atoms with van der Waals surface area (Å²) in [6.45, 7) is 3.94. The largest absolute Gasteiger partial charge is 0.338 e. The van der Waals surface area contributed by atoms with E-state index in [2.05, 4.69) is 20.9 Å². The molecule has 1 heterocycles. The minimum absolute atomic E-state index is 0.0544. The van der Waals surface area contributed by atoms with Gasteiger partial charge in [0.2, 0.25) is 0 Å². The Morgan fingerprint density at radius 2 is 2.14 bits per heavy atom. The zero-order chi connectivity index (χ0) is 10.7. The maximum atomic E-state index is 11.8. The summed E-state index contributed by atoms with van der Waals surface area (Å²) in [5, 5.41) is 0. The molecule has 0 atom stereocenters. The lowest BCUT2D eigenvalue weighted by Crippen LogP contribution is -2.33. The molecule has 0 N–H and O–H groups in total. The molecule has 0 bridgehead atoms. The summed E-state index contributed by atoms with van der Waals surface area (Å²) in [6.07, 6.45) is 0. The lowest BCUT2D eigenvalue weighted by atomic mass is 10.3. The van der Waals surface area contributed by atoms with Crippen LogP contribution < -0.4 is 0 Å². The molecule has 0 saturated heterocycles. The molecule has 1 rings (SSSR count). The fourth-order valence-electron chi connectivity index (χ4n) is 0.943. The standard InChI is InChI=1S/C10H13BrN2O/c1-7(2)13(3)10(14)8-5-4-6-9(11)12-8/h4-7H,1-3H3. The molecule has 1 aromatic rings. The summed E-state index contributed by atoms with van der Waals surface area (Å²) in [4.78, 5) is 17.5. The normalized spacial score (nSPS) is 10.4. The van der Waals surface area contributed by atoms with Crippen LogP contribution in [0.1, 0.15) is 24.3 Å². The highest BCUT2D eigenvalue weighted by Gasteiger charge is 2.15. The number of amides is 1. The van der Waals surface area contributed by atoms with E-state index < -0.39 is 0 Å². The van der Waals surface area contributed by atoms with Gasteiger partial charge in [-0.2, -0.15) is 0 Å². The molecule has 3 nitrogen and oxygen atoms in total. The van der Waals surface area contributed by atoms with Crippen molar-refractivity contribution in [1.82, 2.24) is 9.88 Å². The van der Waals surface area contributed by atoms with Gasteiger partial charge in [-0.05, 0) is 41.9 Å². The summed E-state index contributed by atoms with van der Waals surface area (Å²) < 4.78 is 0.681.